The number of esters is 1. The van der Waals surface area contributed by atoms with E-state index in [1.165, 1.54) is 11.8 Å². The van der Waals surface area contributed by atoms with Gasteiger partial charge in [-0.15, -0.1) is 0 Å². The van der Waals surface area contributed by atoms with E-state index in [1.807, 2.05) is 42.8 Å². The molecule has 0 saturated carbocycles. The second-order valence-electron chi connectivity index (χ2n) is 7.16. The zero-order valence-corrected chi connectivity index (χ0v) is 18.8. The lowest BCUT2D eigenvalue weighted by Gasteiger charge is -2.10. The van der Waals surface area contributed by atoms with Gasteiger partial charge in [0, 0.05) is 25.0 Å². The van der Waals surface area contributed by atoms with Gasteiger partial charge in [-0.25, -0.2) is 9.78 Å². The van der Waals surface area contributed by atoms with Gasteiger partial charge in [-0.2, -0.15) is 4.98 Å². The number of imidazole rings is 1. The number of rotatable bonds is 8. The standard InChI is InChI=1S/C23H21N5O4S/c1-15-7-9-16(10-8-15)21-26-20(32-27-21)13-31-22(30)17-5-3-4-6-18(17)25-19(29)14-33-23-24-11-12-28(23)2/h3-12H,13-14H2,1-2H3,(H,25,29). The number of hydrogen-bond donors (Lipinski definition) is 1. The number of anilines is 1. The van der Waals surface area contributed by atoms with Crippen LogP contribution in [-0.2, 0) is 23.2 Å². The molecule has 1 N–H and O–H groups in total. The highest BCUT2D eigenvalue weighted by Crippen LogP contribution is 2.20. The predicted molar refractivity (Wildman–Crippen MR) is 123 cm³/mol. The summed E-state index contributed by atoms with van der Waals surface area (Å²) in [5, 5.41) is 7.40. The molecule has 2 aromatic carbocycles. The normalized spacial score (nSPS) is 10.7. The smallest absolute Gasteiger partial charge is 0.340 e. The van der Waals surface area contributed by atoms with Gasteiger partial charge < -0.3 is 19.1 Å². The molecule has 2 aromatic heterocycles. The van der Waals surface area contributed by atoms with Gasteiger partial charge in [-0.3, -0.25) is 4.79 Å². The Morgan fingerprint density at radius 3 is 2.70 bits per heavy atom. The molecular formula is C23H21N5O4S. The molecular weight excluding hydrogens is 442 g/mol. The molecule has 0 radical (unpaired) electrons. The van der Waals surface area contributed by atoms with Gasteiger partial charge in [0.15, 0.2) is 11.8 Å². The predicted octanol–water partition coefficient (Wildman–Crippen LogP) is 3.87. The molecule has 0 atom stereocenters. The zero-order chi connectivity index (χ0) is 23.2. The van der Waals surface area contributed by atoms with Crippen molar-refractivity contribution in [3.05, 3.63) is 77.9 Å². The van der Waals surface area contributed by atoms with Crippen LogP contribution in [0.3, 0.4) is 0 Å². The number of nitrogens with zero attached hydrogens (tertiary/aromatic N) is 4. The molecule has 0 spiro atoms. The zero-order valence-electron chi connectivity index (χ0n) is 18.0. The number of aryl methyl sites for hydroxylation is 2. The van der Waals surface area contributed by atoms with E-state index in [-0.39, 0.29) is 29.7 Å². The molecule has 0 unspecified atom stereocenters. The number of amides is 1. The van der Waals surface area contributed by atoms with Crippen LogP contribution >= 0.6 is 11.8 Å². The highest BCUT2D eigenvalue weighted by molar-refractivity contribution is 7.99. The van der Waals surface area contributed by atoms with Crippen LogP contribution in [0.5, 0.6) is 0 Å². The van der Waals surface area contributed by atoms with Crippen LogP contribution in [-0.4, -0.2) is 37.3 Å². The third kappa shape index (κ3) is 5.66. The van der Waals surface area contributed by atoms with Gasteiger partial charge in [-0.1, -0.05) is 58.9 Å². The number of aromatic nitrogens is 4. The van der Waals surface area contributed by atoms with E-state index < -0.39 is 5.97 Å². The summed E-state index contributed by atoms with van der Waals surface area (Å²) in [6, 6.07) is 14.3. The maximum Gasteiger partial charge on any atom is 0.340 e. The van der Waals surface area contributed by atoms with E-state index in [0.717, 1.165) is 16.3 Å². The SMILES string of the molecule is Cc1ccc(-c2noc(COC(=O)c3ccccc3NC(=O)CSc3nccn3C)n2)cc1. The van der Waals surface area contributed by atoms with Crippen molar-refractivity contribution in [2.45, 2.75) is 18.7 Å². The van der Waals surface area contributed by atoms with Crippen molar-refractivity contribution >= 4 is 29.3 Å². The third-order valence-corrected chi connectivity index (χ3v) is 5.69. The molecule has 10 heteroatoms. The second-order valence-corrected chi connectivity index (χ2v) is 8.10. The van der Waals surface area contributed by atoms with Gasteiger partial charge in [0.25, 0.3) is 5.89 Å². The number of ether oxygens (including phenoxy) is 1. The number of benzene rings is 2. The van der Waals surface area contributed by atoms with Crippen LogP contribution in [0.2, 0.25) is 0 Å². The summed E-state index contributed by atoms with van der Waals surface area (Å²) in [6.07, 6.45) is 3.47. The van der Waals surface area contributed by atoms with E-state index in [4.69, 9.17) is 9.26 Å². The molecule has 0 bridgehead atoms. The molecule has 168 valence electrons. The lowest BCUT2D eigenvalue weighted by atomic mass is 10.1. The summed E-state index contributed by atoms with van der Waals surface area (Å²) in [4.78, 5) is 33.5. The van der Waals surface area contributed by atoms with Crippen molar-refractivity contribution < 1.29 is 18.8 Å². The minimum absolute atomic E-state index is 0.151. The molecule has 0 saturated heterocycles. The Labute approximate surface area is 194 Å². The Kier molecular flexibility index (Phi) is 6.84. The molecule has 9 nitrogen and oxygen atoms in total. The first-order valence-electron chi connectivity index (χ1n) is 10.1. The van der Waals surface area contributed by atoms with E-state index in [0.29, 0.717) is 11.5 Å². The van der Waals surface area contributed by atoms with E-state index >= 15 is 0 Å². The first kappa shape index (κ1) is 22.3. The van der Waals surface area contributed by atoms with Gasteiger partial charge in [0.2, 0.25) is 11.7 Å². The Balaban J connectivity index is 1.35. The molecule has 1 amide bonds. The fourth-order valence-electron chi connectivity index (χ4n) is 2.92. The topological polar surface area (TPSA) is 112 Å². The van der Waals surface area contributed by atoms with E-state index in [2.05, 4.69) is 20.4 Å². The first-order valence-corrected chi connectivity index (χ1v) is 11.0. The van der Waals surface area contributed by atoms with Crippen molar-refractivity contribution in [3.8, 4) is 11.4 Å². The molecule has 33 heavy (non-hydrogen) atoms. The maximum absolute atomic E-state index is 12.6. The Bertz CT molecular complexity index is 1270. The lowest BCUT2D eigenvalue weighted by Crippen LogP contribution is -2.17. The number of para-hydroxylation sites is 1. The highest BCUT2D eigenvalue weighted by atomic mass is 32.2. The molecule has 0 fully saturated rings. The molecule has 2 heterocycles. The molecule has 4 aromatic rings. The van der Waals surface area contributed by atoms with Crippen LogP contribution in [0.4, 0.5) is 5.69 Å². The minimum atomic E-state index is -0.613. The number of carbonyl (C=O) groups is 2. The van der Waals surface area contributed by atoms with Crippen LogP contribution in [0.25, 0.3) is 11.4 Å². The Morgan fingerprint density at radius 1 is 1.15 bits per heavy atom. The summed E-state index contributed by atoms with van der Waals surface area (Å²) in [6.45, 7) is 1.81. The van der Waals surface area contributed by atoms with Gasteiger partial charge in [-0.05, 0) is 19.1 Å². The number of hydrogen-bond acceptors (Lipinski definition) is 8. The monoisotopic (exact) mass is 463 g/mol. The van der Waals surface area contributed by atoms with Gasteiger partial charge in [0.1, 0.15) is 0 Å². The van der Waals surface area contributed by atoms with Gasteiger partial charge in [0.05, 0.1) is 17.0 Å². The fourth-order valence-corrected chi connectivity index (χ4v) is 3.65. The number of thioether (sulfide) groups is 1. The van der Waals surface area contributed by atoms with Crippen molar-refractivity contribution in [2.24, 2.45) is 7.05 Å². The average molecular weight is 464 g/mol. The Morgan fingerprint density at radius 2 is 1.94 bits per heavy atom. The first-order chi connectivity index (χ1) is 16.0. The summed E-state index contributed by atoms with van der Waals surface area (Å²) in [5.41, 5.74) is 2.51. The van der Waals surface area contributed by atoms with Crippen LogP contribution < -0.4 is 5.32 Å². The van der Waals surface area contributed by atoms with Crippen molar-refractivity contribution in [1.82, 2.24) is 19.7 Å². The summed E-state index contributed by atoms with van der Waals surface area (Å²) < 4.78 is 12.3. The molecule has 0 aliphatic carbocycles. The molecule has 0 aliphatic heterocycles. The van der Waals surface area contributed by atoms with Crippen LogP contribution in [0.1, 0.15) is 21.8 Å². The second kappa shape index (κ2) is 10.1. The number of carbonyl (C=O) groups excluding carboxylic acids is 2. The van der Waals surface area contributed by atoms with Crippen molar-refractivity contribution in [1.29, 1.82) is 0 Å². The van der Waals surface area contributed by atoms with Gasteiger partial charge >= 0.3 is 5.97 Å². The number of nitrogens with one attached hydrogen (secondary N) is 1. The summed E-state index contributed by atoms with van der Waals surface area (Å²) in [5.74, 6) is -0.135. The lowest BCUT2D eigenvalue weighted by molar-refractivity contribution is -0.113. The van der Waals surface area contributed by atoms with E-state index in [9.17, 15) is 9.59 Å². The molecule has 4 rings (SSSR count). The third-order valence-electron chi connectivity index (χ3n) is 4.63. The van der Waals surface area contributed by atoms with Crippen LogP contribution in [0.15, 0.2) is 70.6 Å². The summed E-state index contributed by atoms with van der Waals surface area (Å²) in [7, 11) is 1.85. The van der Waals surface area contributed by atoms with Crippen molar-refractivity contribution in [3.63, 3.8) is 0 Å². The largest absolute Gasteiger partial charge is 0.452 e. The molecule has 0 aliphatic rings. The maximum atomic E-state index is 12.6. The average Bonchev–Trinajstić information content (AvgIpc) is 3.46. The van der Waals surface area contributed by atoms with E-state index in [1.54, 1.807) is 36.7 Å². The van der Waals surface area contributed by atoms with Crippen molar-refractivity contribution in [2.75, 3.05) is 11.1 Å². The minimum Gasteiger partial charge on any atom is -0.452 e. The fraction of sp³-hybridized carbons (Fsp3) is 0.174. The quantitative estimate of drug-likeness (QED) is 0.310. The van der Waals surface area contributed by atoms with Crippen LogP contribution in [0, 0.1) is 6.92 Å². The Hall–Kier alpha value is -3.92. The highest BCUT2D eigenvalue weighted by Gasteiger charge is 2.17. The summed E-state index contributed by atoms with van der Waals surface area (Å²) >= 11 is 1.30.